The first-order valence-electron chi connectivity index (χ1n) is 10.3. The molecule has 1 aromatic heterocycles. The quantitative estimate of drug-likeness (QED) is 0.749. The van der Waals surface area contributed by atoms with Gasteiger partial charge in [-0.1, -0.05) is 0 Å². The van der Waals surface area contributed by atoms with Gasteiger partial charge in [-0.25, -0.2) is 9.59 Å². The number of nitrogens with one attached hydrogen (secondary N) is 1. The average Bonchev–Trinajstić information content (AvgIpc) is 3.14. The van der Waals surface area contributed by atoms with Crippen molar-refractivity contribution in [2.75, 3.05) is 18.4 Å². The van der Waals surface area contributed by atoms with Crippen LogP contribution in [-0.2, 0) is 16.5 Å². The molecule has 1 aliphatic heterocycles. The average molecular weight is 428 g/mol. The van der Waals surface area contributed by atoms with E-state index in [2.05, 4.69) is 5.32 Å². The van der Waals surface area contributed by atoms with Crippen molar-refractivity contribution >= 4 is 23.7 Å². The second-order valence-electron chi connectivity index (χ2n) is 8.61. The van der Waals surface area contributed by atoms with Gasteiger partial charge in [-0.2, -0.15) is 0 Å². The fraction of sp³-hybridized carbons (Fsp3) is 0.435. The van der Waals surface area contributed by atoms with E-state index in [-0.39, 0.29) is 18.1 Å². The van der Waals surface area contributed by atoms with E-state index in [9.17, 15) is 14.4 Å². The highest BCUT2D eigenvalue weighted by Crippen LogP contribution is 2.19. The molecule has 1 aromatic carbocycles. The van der Waals surface area contributed by atoms with Gasteiger partial charge in [0.05, 0.1) is 5.56 Å². The summed E-state index contributed by atoms with van der Waals surface area (Å²) < 4.78 is 12.7. The Bertz CT molecular complexity index is 935. The molecular formula is C23H29N3O5. The van der Waals surface area contributed by atoms with Gasteiger partial charge < -0.3 is 24.3 Å². The summed E-state index contributed by atoms with van der Waals surface area (Å²) in [6, 6.07) is 10.1. The Kier molecular flexibility index (Phi) is 6.68. The molecule has 3 rings (SSSR count). The van der Waals surface area contributed by atoms with Crippen LogP contribution in [0.4, 0.5) is 10.5 Å². The Morgan fingerprint density at radius 2 is 1.68 bits per heavy atom. The third-order valence-electron chi connectivity index (χ3n) is 4.92. The number of nitrogens with zero attached hydrogens (tertiary/aromatic N) is 2. The molecule has 2 heterocycles. The molecule has 31 heavy (non-hydrogen) atoms. The van der Waals surface area contributed by atoms with Crippen LogP contribution in [0.1, 0.15) is 54.5 Å². The first-order valence-corrected chi connectivity index (χ1v) is 10.3. The molecule has 0 saturated carbocycles. The summed E-state index contributed by atoms with van der Waals surface area (Å²) in [5, 5.41) is 2.80. The van der Waals surface area contributed by atoms with Gasteiger partial charge in [-0.05, 0) is 57.2 Å². The number of likely N-dealkylation sites (tertiary alicyclic amines) is 1. The van der Waals surface area contributed by atoms with Crippen molar-refractivity contribution in [3.63, 3.8) is 0 Å². The minimum atomic E-state index is -0.535. The third-order valence-corrected chi connectivity index (χ3v) is 4.92. The lowest BCUT2D eigenvalue weighted by Crippen LogP contribution is -2.43. The summed E-state index contributed by atoms with van der Waals surface area (Å²) in [5.41, 5.74) is 1.01. The number of carbonyl (C=O) groups excluding carboxylic acids is 3. The van der Waals surface area contributed by atoms with Gasteiger partial charge in [-0.15, -0.1) is 0 Å². The maximum atomic E-state index is 12.5. The standard InChI is InChI=1S/C23H29N3O5/c1-23(2,3)31-22(29)26-14-11-18(12-15-26)30-21(28)16-7-9-17(10-8-16)24-20(27)19-6-5-13-25(19)4/h5-10,13,18H,11-12,14-15H2,1-4H3,(H,24,27). The van der Waals surface area contributed by atoms with Crippen molar-refractivity contribution < 1.29 is 23.9 Å². The minimum Gasteiger partial charge on any atom is -0.459 e. The smallest absolute Gasteiger partial charge is 0.410 e. The van der Waals surface area contributed by atoms with E-state index in [1.54, 1.807) is 59.1 Å². The van der Waals surface area contributed by atoms with Crippen LogP contribution in [0.2, 0.25) is 0 Å². The summed E-state index contributed by atoms with van der Waals surface area (Å²) in [4.78, 5) is 38.5. The molecular weight excluding hydrogens is 398 g/mol. The summed E-state index contributed by atoms with van der Waals surface area (Å²) in [6.45, 7) is 6.46. The molecule has 0 aliphatic carbocycles. The number of esters is 1. The lowest BCUT2D eigenvalue weighted by Gasteiger charge is -2.33. The molecule has 1 aliphatic rings. The van der Waals surface area contributed by atoms with Crippen LogP contribution in [0.3, 0.4) is 0 Å². The molecule has 0 unspecified atom stereocenters. The van der Waals surface area contributed by atoms with E-state index < -0.39 is 11.6 Å². The number of hydrogen-bond donors (Lipinski definition) is 1. The molecule has 2 aromatic rings. The summed E-state index contributed by atoms with van der Waals surface area (Å²) in [6.07, 6.45) is 2.34. The number of piperidine rings is 1. The summed E-state index contributed by atoms with van der Waals surface area (Å²) in [7, 11) is 1.80. The molecule has 8 heteroatoms. The largest absolute Gasteiger partial charge is 0.459 e. The predicted octanol–water partition coefficient (Wildman–Crippen LogP) is 3.83. The third kappa shape index (κ3) is 6.10. The van der Waals surface area contributed by atoms with Gasteiger partial charge in [0.1, 0.15) is 17.4 Å². The summed E-state index contributed by atoms with van der Waals surface area (Å²) >= 11 is 0. The highest BCUT2D eigenvalue weighted by Gasteiger charge is 2.28. The second kappa shape index (κ2) is 9.24. The zero-order chi connectivity index (χ0) is 22.6. The number of amides is 2. The molecule has 1 fully saturated rings. The van der Waals surface area contributed by atoms with Gasteiger partial charge in [0.25, 0.3) is 5.91 Å². The molecule has 0 radical (unpaired) electrons. The summed E-state index contributed by atoms with van der Waals surface area (Å²) in [5.74, 6) is -0.643. The van der Waals surface area contributed by atoms with E-state index in [0.717, 1.165) is 0 Å². The van der Waals surface area contributed by atoms with Crippen LogP contribution in [0.25, 0.3) is 0 Å². The predicted molar refractivity (Wildman–Crippen MR) is 116 cm³/mol. The maximum Gasteiger partial charge on any atom is 0.410 e. The van der Waals surface area contributed by atoms with Gasteiger partial charge in [-0.3, -0.25) is 4.79 Å². The van der Waals surface area contributed by atoms with Gasteiger partial charge >= 0.3 is 12.1 Å². The fourth-order valence-electron chi connectivity index (χ4n) is 3.28. The van der Waals surface area contributed by atoms with Crippen molar-refractivity contribution in [1.82, 2.24) is 9.47 Å². The Labute approximate surface area is 182 Å². The van der Waals surface area contributed by atoms with Crippen molar-refractivity contribution in [2.24, 2.45) is 7.05 Å². The topological polar surface area (TPSA) is 89.9 Å². The Morgan fingerprint density at radius 1 is 1.03 bits per heavy atom. The highest BCUT2D eigenvalue weighted by atomic mass is 16.6. The molecule has 0 atom stereocenters. The number of carbonyl (C=O) groups is 3. The van der Waals surface area contributed by atoms with E-state index in [1.165, 1.54) is 0 Å². The Balaban J connectivity index is 1.48. The van der Waals surface area contributed by atoms with Crippen LogP contribution in [0.5, 0.6) is 0 Å². The molecule has 2 amide bonds. The first kappa shape index (κ1) is 22.4. The molecule has 0 spiro atoms. The van der Waals surface area contributed by atoms with E-state index in [1.807, 2.05) is 20.8 Å². The number of hydrogen-bond acceptors (Lipinski definition) is 5. The van der Waals surface area contributed by atoms with Crippen molar-refractivity contribution in [3.8, 4) is 0 Å². The van der Waals surface area contributed by atoms with Crippen molar-refractivity contribution in [3.05, 3.63) is 53.9 Å². The minimum absolute atomic E-state index is 0.223. The number of aryl methyl sites for hydroxylation is 1. The Morgan fingerprint density at radius 3 is 2.23 bits per heavy atom. The van der Waals surface area contributed by atoms with E-state index in [0.29, 0.717) is 42.9 Å². The number of ether oxygens (including phenoxy) is 2. The number of benzene rings is 1. The molecule has 1 N–H and O–H groups in total. The van der Waals surface area contributed by atoms with Gasteiger partial charge in [0.2, 0.25) is 0 Å². The SMILES string of the molecule is Cn1cccc1C(=O)Nc1ccc(C(=O)OC2CCN(C(=O)OC(C)(C)C)CC2)cc1. The lowest BCUT2D eigenvalue weighted by molar-refractivity contribution is -0.00341. The van der Waals surface area contributed by atoms with Gasteiger partial charge in [0, 0.05) is 44.9 Å². The van der Waals surface area contributed by atoms with Gasteiger partial charge in [0.15, 0.2) is 0 Å². The maximum absolute atomic E-state index is 12.5. The molecule has 0 bridgehead atoms. The number of rotatable bonds is 4. The van der Waals surface area contributed by atoms with Crippen LogP contribution in [0, 0.1) is 0 Å². The number of aromatic nitrogens is 1. The van der Waals surface area contributed by atoms with E-state index >= 15 is 0 Å². The lowest BCUT2D eigenvalue weighted by atomic mass is 10.1. The number of anilines is 1. The normalized spacial score (nSPS) is 14.8. The van der Waals surface area contributed by atoms with Crippen molar-refractivity contribution in [1.29, 1.82) is 0 Å². The Hall–Kier alpha value is -3.29. The van der Waals surface area contributed by atoms with Crippen molar-refractivity contribution in [2.45, 2.75) is 45.3 Å². The van der Waals surface area contributed by atoms with Crippen LogP contribution in [0.15, 0.2) is 42.6 Å². The zero-order valence-electron chi connectivity index (χ0n) is 18.4. The molecule has 1 saturated heterocycles. The first-order chi connectivity index (χ1) is 14.6. The zero-order valence-corrected chi connectivity index (χ0v) is 18.4. The highest BCUT2D eigenvalue weighted by molar-refractivity contribution is 6.03. The van der Waals surface area contributed by atoms with E-state index in [4.69, 9.17) is 9.47 Å². The molecule has 166 valence electrons. The fourth-order valence-corrected chi connectivity index (χ4v) is 3.28. The second-order valence-corrected chi connectivity index (χ2v) is 8.61. The van der Waals surface area contributed by atoms with Crippen LogP contribution < -0.4 is 5.32 Å². The van der Waals surface area contributed by atoms with Crippen LogP contribution >= 0.6 is 0 Å². The monoisotopic (exact) mass is 427 g/mol. The van der Waals surface area contributed by atoms with Crippen LogP contribution in [-0.4, -0.2) is 52.2 Å². The molecule has 8 nitrogen and oxygen atoms in total.